The quantitative estimate of drug-likeness (QED) is 0.777. The average molecular weight is 325 g/mol. The number of amides is 2. The monoisotopic (exact) mass is 325 g/mol. The first-order chi connectivity index (χ1) is 11.5. The molecule has 0 saturated heterocycles. The van der Waals surface area contributed by atoms with E-state index in [4.69, 9.17) is 5.73 Å². The molecule has 1 fully saturated rings. The number of hydrogen-bond donors (Lipinski definition) is 3. The van der Waals surface area contributed by atoms with Crippen molar-refractivity contribution in [3.8, 4) is 0 Å². The number of nitrogens with zero attached hydrogens (tertiary/aromatic N) is 2. The molecular weight excluding hydrogens is 306 g/mol. The van der Waals surface area contributed by atoms with Gasteiger partial charge in [-0.05, 0) is 37.5 Å². The molecule has 0 bridgehead atoms. The van der Waals surface area contributed by atoms with Gasteiger partial charge in [0.15, 0.2) is 11.5 Å². The lowest BCUT2D eigenvalue weighted by atomic mass is 10.1. The highest BCUT2D eigenvalue weighted by atomic mass is 16.2. The number of benzene rings is 1. The lowest BCUT2D eigenvalue weighted by Crippen LogP contribution is -2.28. The van der Waals surface area contributed by atoms with E-state index in [1.54, 1.807) is 0 Å². The van der Waals surface area contributed by atoms with Crippen LogP contribution in [0.5, 0.6) is 0 Å². The Morgan fingerprint density at radius 1 is 1.17 bits per heavy atom. The second-order valence-electron chi connectivity index (χ2n) is 5.87. The van der Waals surface area contributed by atoms with Gasteiger partial charge in [0, 0.05) is 24.0 Å². The van der Waals surface area contributed by atoms with Gasteiger partial charge >= 0.3 is 0 Å². The normalized spacial score (nSPS) is 14.7. The van der Waals surface area contributed by atoms with Gasteiger partial charge in [0.1, 0.15) is 0 Å². The molecule has 7 nitrogen and oxygen atoms in total. The molecule has 0 radical (unpaired) electrons. The predicted molar refractivity (Wildman–Crippen MR) is 90.1 cm³/mol. The van der Waals surface area contributed by atoms with E-state index in [1.165, 1.54) is 12.4 Å². The van der Waals surface area contributed by atoms with E-state index in [0.717, 1.165) is 24.1 Å². The van der Waals surface area contributed by atoms with Crippen molar-refractivity contribution in [3.05, 3.63) is 47.9 Å². The molecule has 1 aliphatic carbocycles. The molecule has 0 spiro atoms. The van der Waals surface area contributed by atoms with Crippen LogP contribution in [0.4, 0.5) is 11.5 Å². The van der Waals surface area contributed by atoms with Crippen LogP contribution in [-0.4, -0.2) is 21.8 Å². The van der Waals surface area contributed by atoms with Crippen molar-refractivity contribution in [3.63, 3.8) is 0 Å². The number of carbonyl (C=O) groups excluding carboxylic acids is 2. The van der Waals surface area contributed by atoms with E-state index in [0.29, 0.717) is 0 Å². The van der Waals surface area contributed by atoms with Crippen LogP contribution in [0.15, 0.2) is 36.7 Å². The van der Waals surface area contributed by atoms with E-state index in [-0.39, 0.29) is 35.3 Å². The zero-order chi connectivity index (χ0) is 17.1. The van der Waals surface area contributed by atoms with E-state index >= 15 is 0 Å². The van der Waals surface area contributed by atoms with Crippen molar-refractivity contribution in [2.24, 2.45) is 5.92 Å². The first-order valence-electron chi connectivity index (χ1n) is 7.83. The number of nitrogen functional groups attached to an aromatic ring is 1. The molecular formula is C17H19N5O2. The Bertz CT molecular complexity index is 756. The van der Waals surface area contributed by atoms with Gasteiger partial charge in [0.05, 0.1) is 6.04 Å². The third kappa shape index (κ3) is 3.68. The zero-order valence-electron chi connectivity index (χ0n) is 13.3. The molecule has 24 heavy (non-hydrogen) atoms. The molecule has 0 unspecified atom stereocenters. The van der Waals surface area contributed by atoms with Crippen LogP contribution in [-0.2, 0) is 4.79 Å². The summed E-state index contributed by atoms with van der Waals surface area (Å²) in [5, 5.41) is 5.72. The fourth-order valence-electron chi connectivity index (χ4n) is 2.32. The molecule has 2 amide bonds. The molecule has 2 aromatic rings. The molecule has 1 heterocycles. The van der Waals surface area contributed by atoms with E-state index in [9.17, 15) is 9.59 Å². The van der Waals surface area contributed by atoms with Gasteiger partial charge in [-0.1, -0.05) is 12.1 Å². The van der Waals surface area contributed by atoms with E-state index < -0.39 is 0 Å². The maximum atomic E-state index is 12.2. The summed E-state index contributed by atoms with van der Waals surface area (Å²) in [6, 6.07) is 7.16. The number of hydrogen-bond acceptors (Lipinski definition) is 5. The number of rotatable bonds is 5. The Kier molecular flexibility index (Phi) is 4.41. The summed E-state index contributed by atoms with van der Waals surface area (Å²) >= 11 is 0. The highest BCUT2D eigenvalue weighted by Gasteiger charge is 2.29. The van der Waals surface area contributed by atoms with Crippen LogP contribution in [0, 0.1) is 5.92 Å². The standard InChI is InChI=1S/C17H19N5O2/c1-10(21-17(24)14-15(18)20-9-8-19-14)11-4-6-13(7-5-11)22-16(23)12-2-3-12/h4-10,12H,2-3H2,1H3,(H2,18,20)(H,21,24)(H,22,23)/t10-/m0/s1. The predicted octanol–water partition coefficient (Wildman–Crippen LogP) is 1.90. The third-order valence-corrected chi connectivity index (χ3v) is 3.92. The first kappa shape index (κ1) is 15.9. The minimum Gasteiger partial charge on any atom is -0.382 e. The van der Waals surface area contributed by atoms with Gasteiger partial charge < -0.3 is 16.4 Å². The third-order valence-electron chi connectivity index (χ3n) is 3.92. The summed E-state index contributed by atoms with van der Waals surface area (Å²) in [6.45, 7) is 1.86. The van der Waals surface area contributed by atoms with E-state index in [1.807, 2.05) is 31.2 Å². The molecule has 1 aromatic heterocycles. The number of carbonyl (C=O) groups is 2. The van der Waals surface area contributed by atoms with Crippen molar-refractivity contribution < 1.29 is 9.59 Å². The summed E-state index contributed by atoms with van der Waals surface area (Å²) in [7, 11) is 0. The Morgan fingerprint density at radius 2 is 1.83 bits per heavy atom. The van der Waals surface area contributed by atoms with Crippen LogP contribution in [0.3, 0.4) is 0 Å². The highest BCUT2D eigenvalue weighted by molar-refractivity contribution is 5.96. The molecule has 1 aliphatic rings. The lowest BCUT2D eigenvalue weighted by Gasteiger charge is -2.15. The Labute approximate surface area is 139 Å². The maximum Gasteiger partial charge on any atom is 0.274 e. The van der Waals surface area contributed by atoms with Gasteiger partial charge in [0.2, 0.25) is 5.91 Å². The number of nitrogens with two attached hydrogens (primary N) is 1. The summed E-state index contributed by atoms with van der Waals surface area (Å²) in [4.78, 5) is 31.7. The van der Waals surface area contributed by atoms with Gasteiger partial charge in [-0.25, -0.2) is 9.97 Å². The number of aromatic nitrogens is 2. The van der Waals surface area contributed by atoms with Gasteiger partial charge in [-0.15, -0.1) is 0 Å². The Morgan fingerprint density at radius 3 is 2.46 bits per heavy atom. The van der Waals surface area contributed by atoms with Crippen molar-refractivity contribution in [1.29, 1.82) is 0 Å². The molecule has 1 aromatic carbocycles. The second-order valence-corrected chi connectivity index (χ2v) is 5.87. The summed E-state index contributed by atoms with van der Waals surface area (Å²) < 4.78 is 0. The molecule has 7 heteroatoms. The minimum absolute atomic E-state index is 0.0715. The van der Waals surface area contributed by atoms with Crippen molar-refractivity contribution in [2.75, 3.05) is 11.1 Å². The van der Waals surface area contributed by atoms with Crippen molar-refractivity contribution in [2.45, 2.75) is 25.8 Å². The average Bonchev–Trinajstić information content (AvgIpc) is 3.40. The first-order valence-corrected chi connectivity index (χ1v) is 7.83. The molecule has 4 N–H and O–H groups in total. The SMILES string of the molecule is C[C@H](NC(=O)c1nccnc1N)c1ccc(NC(=O)C2CC2)cc1. The highest BCUT2D eigenvalue weighted by Crippen LogP contribution is 2.30. The number of anilines is 2. The summed E-state index contributed by atoms with van der Waals surface area (Å²) in [5.74, 6) is -0.0397. The number of nitrogens with one attached hydrogen (secondary N) is 2. The van der Waals surface area contributed by atoms with Gasteiger partial charge in [0.25, 0.3) is 5.91 Å². The minimum atomic E-state index is -0.376. The fraction of sp³-hybridized carbons (Fsp3) is 0.294. The molecule has 3 rings (SSSR count). The summed E-state index contributed by atoms with van der Waals surface area (Å²) in [6.07, 6.45) is 4.80. The lowest BCUT2D eigenvalue weighted by molar-refractivity contribution is -0.117. The van der Waals surface area contributed by atoms with Crippen molar-refractivity contribution in [1.82, 2.24) is 15.3 Å². The Hall–Kier alpha value is -2.96. The van der Waals surface area contributed by atoms with Crippen LogP contribution in [0.2, 0.25) is 0 Å². The van der Waals surface area contributed by atoms with Gasteiger partial charge in [-0.3, -0.25) is 9.59 Å². The van der Waals surface area contributed by atoms with Crippen LogP contribution >= 0.6 is 0 Å². The van der Waals surface area contributed by atoms with E-state index in [2.05, 4.69) is 20.6 Å². The largest absolute Gasteiger partial charge is 0.382 e. The summed E-state index contributed by atoms with van der Waals surface area (Å²) in [5.41, 5.74) is 7.43. The topological polar surface area (TPSA) is 110 Å². The van der Waals surface area contributed by atoms with Crippen molar-refractivity contribution >= 4 is 23.3 Å². The zero-order valence-corrected chi connectivity index (χ0v) is 13.3. The second kappa shape index (κ2) is 6.66. The maximum absolute atomic E-state index is 12.2. The fourth-order valence-corrected chi connectivity index (χ4v) is 2.32. The smallest absolute Gasteiger partial charge is 0.274 e. The molecule has 1 saturated carbocycles. The molecule has 124 valence electrons. The molecule has 0 aliphatic heterocycles. The Balaban J connectivity index is 1.62. The van der Waals surface area contributed by atoms with Crippen LogP contribution < -0.4 is 16.4 Å². The van der Waals surface area contributed by atoms with Crippen LogP contribution in [0.25, 0.3) is 0 Å². The van der Waals surface area contributed by atoms with Crippen LogP contribution in [0.1, 0.15) is 41.9 Å². The molecule has 1 atom stereocenters. The van der Waals surface area contributed by atoms with Gasteiger partial charge in [-0.2, -0.15) is 0 Å².